The maximum Gasteiger partial charge on any atom is 0.241 e. The van der Waals surface area contributed by atoms with Gasteiger partial charge in [-0.2, -0.15) is 0 Å². The third-order valence-corrected chi connectivity index (χ3v) is 6.69. The SMILES string of the molecule is CCC1CCC(NS(=O)(=O)c2ccccc2Br)C1C. The Morgan fingerprint density at radius 3 is 2.58 bits per heavy atom. The minimum Gasteiger partial charge on any atom is -0.208 e. The molecule has 0 heterocycles. The third-order valence-electron chi connectivity index (χ3n) is 4.18. The van der Waals surface area contributed by atoms with E-state index in [-0.39, 0.29) is 6.04 Å². The maximum atomic E-state index is 12.4. The quantitative estimate of drug-likeness (QED) is 0.906. The van der Waals surface area contributed by atoms with Crippen LogP contribution in [0.1, 0.15) is 33.1 Å². The van der Waals surface area contributed by atoms with Crippen LogP contribution in [0.15, 0.2) is 33.6 Å². The zero-order chi connectivity index (χ0) is 14.0. The Labute approximate surface area is 124 Å². The van der Waals surface area contributed by atoms with E-state index in [0.717, 1.165) is 19.3 Å². The molecule has 2 rings (SSSR count). The van der Waals surface area contributed by atoms with Gasteiger partial charge in [0.2, 0.25) is 10.0 Å². The molecule has 1 aliphatic carbocycles. The van der Waals surface area contributed by atoms with E-state index in [0.29, 0.717) is 21.2 Å². The molecule has 0 aromatic heterocycles. The smallest absolute Gasteiger partial charge is 0.208 e. The number of sulfonamides is 1. The van der Waals surface area contributed by atoms with E-state index in [1.165, 1.54) is 0 Å². The second-order valence-electron chi connectivity index (χ2n) is 5.26. The molecule has 0 saturated heterocycles. The fraction of sp³-hybridized carbons (Fsp3) is 0.571. The average Bonchev–Trinajstić information content (AvgIpc) is 2.70. The van der Waals surface area contributed by atoms with Crippen LogP contribution < -0.4 is 4.72 Å². The molecule has 1 fully saturated rings. The monoisotopic (exact) mass is 345 g/mol. The van der Waals surface area contributed by atoms with Crippen LogP contribution in [0, 0.1) is 11.8 Å². The molecule has 0 aliphatic heterocycles. The summed E-state index contributed by atoms with van der Waals surface area (Å²) in [7, 11) is -3.44. The van der Waals surface area contributed by atoms with Gasteiger partial charge in [-0.15, -0.1) is 0 Å². The van der Waals surface area contributed by atoms with Gasteiger partial charge in [0.05, 0.1) is 4.90 Å². The van der Waals surface area contributed by atoms with E-state index in [1.807, 2.05) is 6.07 Å². The molecule has 3 unspecified atom stereocenters. The summed E-state index contributed by atoms with van der Waals surface area (Å²) in [5.74, 6) is 1.04. The van der Waals surface area contributed by atoms with Gasteiger partial charge in [-0.05, 0) is 52.7 Å². The van der Waals surface area contributed by atoms with Gasteiger partial charge in [0.1, 0.15) is 0 Å². The van der Waals surface area contributed by atoms with Crippen LogP contribution >= 0.6 is 15.9 Å². The minimum atomic E-state index is -3.44. The molecular formula is C14H20BrNO2S. The van der Waals surface area contributed by atoms with Gasteiger partial charge in [0.15, 0.2) is 0 Å². The summed E-state index contributed by atoms with van der Waals surface area (Å²) >= 11 is 3.30. The Morgan fingerprint density at radius 2 is 2.00 bits per heavy atom. The second kappa shape index (κ2) is 5.94. The highest BCUT2D eigenvalue weighted by Gasteiger charge is 2.34. The first kappa shape index (κ1) is 15.0. The van der Waals surface area contributed by atoms with Crippen molar-refractivity contribution in [3.63, 3.8) is 0 Å². The summed E-state index contributed by atoms with van der Waals surface area (Å²) in [6.07, 6.45) is 3.17. The molecule has 3 atom stereocenters. The number of rotatable bonds is 4. The second-order valence-corrected chi connectivity index (χ2v) is 7.80. The Morgan fingerprint density at radius 1 is 1.32 bits per heavy atom. The number of hydrogen-bond donors (Lipinski definition) is 1. The molecule has 0 radical (unpaired) electrons. The molecule has 1 N–H and O–H groups in total. The Kier molecular flexibility index (Phi) is 4.69. The summed E-state index contributed by atoms with van der Waals surface area (Å²) in [5, 5.41) is 0. The van der Waals surface area contributed by atoms with Crippen molar-refractivity contribution >= 4 is 26.0 Å². The highest BCUT2D eigenvalue weighted by atomic mass is 79.9. The van der Waals surface area contributed by atoms with Gasteiger partial charge in [0.25, 0.3) is 0 Å². The van der Waals surface area contributed by atoms with E-state index >= 15 is 0 Å². The first-order chi connectivity index (χ1) is 8.95. The Hall–Kier alpha value is -0.390. The molecule has 1 saturated carbocycles. The molecule has 106 valence electrons. The summed E-state index contributed by atoms with van der Waals surface area (Å²) in [4.78, 5) is 0.321. The molecule has 3 nitrogen and oxygen atoms in total. The van der Waals surface area contributed by atoms with Crippen molar-refractivity contribution in [2.45, 2.75) is 44.0 Å². The van der Waals surface area contributed by atoms with E-state index in [2.05, 4.69) is 34.5 Å². The van der Waals surface area contributed by atoms with E-state index in [9.17, 15) is 8.42 Å². The number of halogens is 1. The lowest BCUT2D eigenvalue weighted by Crippen LogP contribution is -2.37. The zero-order valence-electron chi connectivity index (χ0n) is 11.3. The molecule has 1 aromatic rings. The van der Waals surface area contributed by atoms with Crippen molar-refractivity contribution in [1.82, 2.24) is 4.72 Å². The van der Waals surface area contributed by atoms with Crippen LogP contribution in [-0.4, -0.2) is 14.5 Å². The van der Waals surface area contributed by atoms with Crippen LogP contribution in [0.25, 0.3) is 0 Å². The lowest BCUT2D eigenvalue weighted by Gasteiger charge is -2.21. The summed E-state index contributed by atoms with van der Waals surface area (Å²) in [6, 6.07) is 6.99. The Balaban J connectivity index is 2.17. The fourth-order valence-electron chi connectivity index (χ4n) is 2.92. The summed E-state index contributed by atoms with van der Waals surface area (Å²) in [5.41, 5.74) is 0. The van der Waals surface area contributed by atoms with Gasteiger partial charge in [-0.3, -0.25) is 0 Å². The molecule has 19 heavy (non-hydrogen) atoms. The van der Waals surface area contributed by atoms with E-state index < -0.39 is 10.0 Å². The molecule has 5 heteroatoms. The number of nitrogens with one attached hydrogen (secondary N) is 1. The molecule has 1 aliphatic rings. The molecule has 0 spiro atoms. The van der Waals surface area contributed by atoms with Crippen molar-refractivity contribution < 1.29 is 8.42 Å². The predicted molar refractivity (Wildman–Crippen MR) is 80.4 cm³/mol. The van der Waals surface area contributed by atoms with Crippen LogP contribution in [-0.2, 0) is 10.0 Å². The van der Waals surface area contributed by atoms with Gasteiger partial charge < -0.3 is 0 Å². The van der Waals surface area contributed by atoms with Crippen LogP contribution in [0.5, 0.6) is 0 Å². The Bertz CT molecular complexity index is 544. The number of hydrogen-bond acceptors (Lipinski definition) is 2. The van der Waals surface area contributed by atoms with Gasteiger partial charge in [0, 0.05) is 10.5 Å². The largest absolute Gasteiger partial charge is 0.241 e. The number of benzene rings is 1. The zero-order valence-corrected chi connectivity index (χ0v) is 13.7. The molecule has 0 bridgehead atoms. The normalized spacial score (nSPS) is 27.6. The highest BCUT2D eigenvalue weighted by Crippen LogP contribution is 2.35. The first-order valence-corrected chi connectivity index (χ1v) is 9.00. The van der Waals surface area contributed by atoms with E-state index in [1.54, 1.807) is 18.2 Å². The summed E-state index contributed by atoms with van der Waals surface area (Å²) < 4.78 is 28.3. The van der Waals surface area contributed by atoms with Crippen molar-refractivity contribution in [2.75, 3.05) is 0 Å². The van der Waals surface area contributed by atoms with Crippen molar-refractivity contribution in [3.8, 4) is 0 Å². The minimum absolute atomic E-state index is 0.0575. The molecule has 0 amide bonds. The lowest BCUT2D eigenvalue weighted by atomic mass is 9.94. The van der Waals surface area contributed by atoms with E-state index in [4.69, 9.17) is 0 Å². The standard InChI is InChI=1S/C14H20BrNO2S/c1-3-11-8-9-13(10(11)2)16-19(17,18)14-7-5-4-6-12(14)15/h4-7,10-11,13,16H,3,8-9H2,1-2H3. The fourth-order valence-corrected chi connectivity index (χ4v) is 5.28. The van der Waals surface area contributed by atoms with Crippen LogP contribution in [0.2, 0.25) is 0 Å². The van der Waals surface area contributed by atoms with Crippen LogP contribution in [0.4, 0.5) is 0 Å². The highest BCUT2D eigenvalue weighted by molar-refractivity contribution is 9.10. The maximum absolute atomic E-state index is 12.4. The third kappa shape index (κ3) is 3.20. The van der Waals surface area contributed by atoms with Gasteiger partial charge >= 0.3 is 0 Å². The first-order valence-electron chi connectivity index (χ1n) is 6.72. The molecular weight excluding hydrogens is 326 g/mol. The van der Waals surface area contributed by atoms with Crippen LogP contribution in [0.3, 0.4) is 0 Å². The predicted octanol–water partition coefficient (Wildman–Crippen LogP) is 3.55. The van der Waals surface area contributed by atoms with Crippen molar-refractivity contribution in [1.29, 1.82) is 0 Å². The average molecular weight is 346 g/mol. The summed E-state index contributed by atoms with van der Waals surface area (Å²) in [6.45, 7) is 4.32. The van der Waals surface area contributed by atoms with Crippen molar-refractivity contribution in [3.05, 3.63) is 28.7 Å². The van der Waals surface area contributed by atoms with Crippen molar-refractivity contribution in [2.24, 2.45) is 11.8 Å². The van der Waals surface area contributed by atoms with Gasteiger partial charge in [-0.1, -0.05) is 32.4 Å². The molecule has 1 aromatic carbocycles. The topological polar surface area (TPSA) is 46.2 Å². The lowest BCUT2D eigenvalue weighted by molar-refractivity contribution is 0.368. The van der Waals surface area contributed by atoms with Gasteiger partial charge in [-0.25, -0.2) is 13.1 Å².